The van der Waals surface area contributed by atoms with Crippen LogP contribution in [-0.2, 0) is 0 Å². The smallest absolute Gasteiger partial charge is 0.267 e. The molecular formula is C10H15FSi. The highest BCUT2D eigenvalue weighted by atomic mass is 28.3. The Bertz CT molecular complexity index is 238. The molecule has 0 aliphatic carbocycles. The van der Waals surface area contributed by atoms with E-state index in [9.17, 15) is 4.11 Å². The molecule has 1 atom stereocenters. The fraction of sp³-hybridized carbons (Fsp3) is 0.400. The zero-order valence-corrected chi connectivity index (χ0v) is 9.00. The first-order valence-electron chi connectivity index (χ1n) is 4.21. The van der Waals surface area contributed by atoms with Crippen molar-refractivity contribution in [3.63, 3.8) is 0 Å². The van der Waals surface area contributed by atoms with Crippen molar-refractivity contribution in [2.45, 2.75) is 25.8 Å². The van der Waals surface area contributed by atoms with Crippen LogP contribution >= 0.6 is 0 Å². The van der Waals surface area contributed by atoms with Gasteiger partial charge in [0.05, 0.1) is 0 Å². The van der Waals surface area contributed by atoms with Crippen LogP contribution in [0.5, 0.6) is 0 Å². The Kier molecular flexibility index (Phi) is 2.68. The van der Waals surface area contributed by atoms with Crippen LogP contribution in [0, 0.1) is 0 Å². The van der Waals surface area contributed by atoms with Crippen molar-refractivity contribution in [3.05, 3.63) is 30.3 Å². The summed E-state index contributed by atoms with van der Waals surface area (Å²) in [5.74, 6) is 0. The lowest BCUT2D eigenvalue weighted by atomic mass is 10.2. The van der Waals surface area contributed by atoms with Gasteiger partial charge in [-0.15, -0.1) is 0 Å². The lowest BCUT2D eigenvalue weighted by Gasteiger charge is -2.21. The molecule has 0 radical (unpaired) electrons. The third-order valence-corrected chi connectivity index (χ3v) is 4.34. The number of hydrogen-bond donors (Lipinski definition) is 0. The predicted molar refractivity (Wildman–Crippen MR) is 54.0 cm³/mol. The number of halogens is 1. The summed E-state index contributed by atoms with van der Waals surface area (Å²) in [5, 5.41) is 0.742. The highest BCUT2D eigenvalue weighted by Gasteiger charge is 2.28. The van der Waals surface area contributed by atoms with Crippen LogP contribution in [0.4, 0.5) is 4.11 Å². The van der Waals surface area contributed by atoms with Gasteiger partial charge in [-0.25, -0.2) is 0 Å². The van der Waals surface area contributed by atoms with E-state index in [2.05, 4.69) is 0 Å². The maximum absolute atomic E-state index is 13.8. The van der Waals surface area contributed by atoms with Crippen LogP contribution in [0.1, 0.15) is 20.8 Å². The van der Waals surface area contributed by atoms with E-state index >= 15 is 0 Å². The van der Waals surface area contributed by atoms with E-state index in [1.165, 1.54) is 0 Å². The van der Waals surface area contributed by atoms with Crippen molar-refractivity contribution in [1.29, 1.82) is 0 Å². The Morgan fingerprint density at radius 1 is 1.08 bits per heavy atom. The highest BCUT2D eigenvalue weighted by molar-refractivity contribution is 6.69. The van der Waals surface area contributed by atoms with Crippen molar-refractivity contribution in [2.75, 3.05) is 0 Å². The molecule has 0 nitrogen and oxygen atoms in total. The van der Waals surface area contributed by atoms with Gasteiger partial charge in [-0.3, -0.25) is 0 Å². The van der Waals surface area contributed by atoms with Gasteiger partial charge in [0, 0.05) is 0 Å². The second kappa shape index (κ2) is 3.40. The summed E-state index contributed by atoms with van der Waals surface area (Å²) >= 11 is 0. The lowest BCUT2D eigenvalue weighted by molar-refractivity contribution is 0.663. The quantitative estimate of drug-likeness (QED) is 0.462. The van der Waals surface area contributed by atoms with Gasteiger partial charge in [0.1, 0.15) is 0 Å². The summed E-state index contributed by atoms with van der Waals surface area (Å²) in [6.45, 7) is 5.91. The van der Waals surface area contributed by atoms with Gasteiger partial charge in [-0.05, 0) is 10.2 Å². The normalized spacial score (nSPS) is 14.3. The van der Waals surface area contributed by atoms with Crippen LogP contribution in [-0.4, -0.2) is 9.13 Å². The Labute approximate surface area is 75.2 Å². The van der Waals surface area contributed by atoms with Crippen molar-refractivity contribution < 1.29 is 4.11 Å². The number of rotatable bonds is 1. The van der Waals surface area contributed by atoms with Crippen molar-refractivity contribution >= 4 is 14.3 Å². The summed E-state index contributed by atoms with van der Waals surface area (Å²) in [5.41, 5.74) is 0. The molecule has 0 heterocycles. The summed E-state index contributed by atoms with van der Waals surface area (Å²) in [6, 6.07) is 9.51. The van der Waals surface area contributed by atoms with E-state index in [1.807, 2.05) is 51.1 Å². The molecule has 0 bridgehead atoms. The molecule has 0 amide bonds. The first-order chi connectivity index (χ1) is 5.52. The Hall–Kier alpha value is -0.633. The van der Waals surface area contributed by atoms with Crippen LogP contribution in [0.3, 0.4) is 0 Å². The van der Waals surface area contributed by atoms with Gasteiger partial charge in [-0.2, -0.15) is 0 Å². The minimum Gasteiger partial charge on any atom is -0.312 e. The maximum Gasteiger partial charge on any atom is 0.267 e. The highest BCUT2D eigenvalue weighted by Crippen LogP contribution is 2.26. The van der Waals surface area contributed by atoms with Gasteiger partial charge in [0.2, 0.25) is 0 Å². The van der Waals surface area contributed by atoms with Gasteiger partial charge < -0.3 is 4.11 Å². The van der Waals surface area contributed by atoms with Crippen LogP contribution in [0.25, 0.3) is 0 Å². The van der Waals surface area contributed by atoms with E-state index in [4.69, 9.17) is 0 Å². The lowest BCUT2D eigenvalue weighted by Crippen LogP contribution is -2.34. The topological polar surface area (TPSA) is 0 Å². The molecule has 0 saturated carbocycles. The third kappa shape index (κ3) is 2.17. The molecule has 66 valence electrons. The molecular weight excluding hydrogens is 167 g/mol. The fourth-order valence-corrected chi connectivity index (χ4v) is 2.68. The predicted octanol–water partition coefficient (Wildman–Crippen LogP) is 2.39. The molecule has 0 spiro atoms. The molecule has 0 N–H and O–H groups in total. The summed E-state index contributed by atoms with van der Waals surface area (Å²) in [4.78, 5) is 0. The molecule has 0 aromatic heterocycles. The molecule has 1 aromatic rings. The second-order valence-corrected chi connectivity index (χ2v) is 7.26. The zero-order chi connectivity index (χ0) is 9.19. The van der Waals surface area contributed by atoms with E-state index in [-0.39, 0.29) is 5.04 Å². The fourth-order valence-electron chi connectivity index (χ4n) is 1.12. The van der Waals surface area contributed by atoms with E-state index in [0.717, 1.165) is 5.19 Å². The average molecular weight is 182 g/mol. The van der Waals surface area contributed by atoms with Gasteiger partial charge in [0.15, 0.2) is 0 Å². The first kappa shape index (κ1) is 9.45. The number of hydrogen-bond acceptors (Lipinski definition) is 0. The molecule has 2 heteroatoms. The van der Waals surface area contributed by atoms with E-state index in [1.54, 1.807) is 0 Å². The second-order valence-electron chi connectivity index (χ2n) is 4.14. The van der Waals surface area contributed by atoms with Crippen LogP contribution in [0.2, 0.25) is 5.04 Å². The zero-order valence-electron chi connectivity index (χ0n) is 7.84. The van der Waals surface area contributed by atoms with Crippen LogP contribution in [0.15, 0.2) is 30.3 Å². The Balaban J connectivity index is 2.86. The maximum atomic E-state index is 13.8. The summed E-state index contributed by atoms with van der Waals surface area (Å²) < 4.78 is 13.8. The standard InChI is InChI=1S/C10H15FSi/c1-10(2,3)12(11)9-7-5-4-6-8-9/h4-8,12H,1-3H3. The monoisotopic (exact) mass is 182 g/mol. The van der Waals surface area contributed by atoms with Crippen molar-refractivity contribution in [2.24, 2.45) is 0 Å². The molecule has 12 heavy (non-hydrogen) atoms. The molecule has 1 rings (SSSR count). The minimum atomic E-state index is -2.25. The summed E-state index contributed by atoms with van der Waals surface area (Å²) in [6.07, 6.45) is 0. The molecule has 1 aromatic carbocycles. The van der Waals surface area contributed by atoms with E-state index in [0.29, 0.717) is 0 Å². The van der Waals surface area contributed by atoms with Crippen molar-refractivity contribution in [1.82, 2.24) is 0 Å². The minimum absolute atomic E-state index is 0.165. The summed E-state index contributed by atoms with van der Waals surface area (Å²) in [7, 11) is -2.25. The third-order valence-electron chi connectivity index (χ3n) is 1.85. The van der Waals surface area contributed by atoms with Gasteiger partial charge in [0.25, 0.3) is 9.13 Å². The van der Waals surface area contributed by atoms with Gasteiger partial charge in [-0.1, -0.05) is 51.1 Å². The van der Waals surface area contributed by atoms with Gasteiger partial charge >= 0.3 is 0 Å². The molecule has 0 saturated heterocycles. The Morgan fingerprint density at radius 2 is 1.58 bits per heavy atom. The molecule has 0 aliphatic rings. The largest absolute Gasteiger partial charge is 0.312 e. The molecule has 1 unspecified atom stereocenters. The first-order valence-corrected chi connectivity index (χ1v) is 5.80. The average Bonchev–Trinajstić information content (AvgIpc) is 2.03. The molecule has 0 fully saturated rings. The number of benzene rings is 1. The van der Waals surface area contributed by atoms with Crippen LogP contribution < -0.4 is 5.19 Å². The Morgan fingerprint density at radius 3 is 2.00 bits per heavy atom. The SMILES string of the molecule is CC(C)(C)[SiH](F)c1ccccc1. The molecule has 0 aliphatic heterocycles. The van der Waals surface area contributed by atoms with E-state index < -0.39 is 9.13 Å². The van der Waals surface area contributed by atoms with Crippen molar-refractivity contribution in [3.8, 4) is 0 Å².